The van der Waals surface area contributed by atoms with Crippen molar-refractivity contribution in [3.63, 3.8) is 0 Å². The number of imidazole rings is 1. The van der Waals surface area contributed by atoms with Gasteiger partial charge in [0.15, 0.2) is 5.13 Å². The third-order valence-corrected chi connectivity index (χ3v) is 4.77. The Balaban J connectivity index is 1.68. The zero-order valence-electron chi connectivity index (χ0n) is 14.0. The van der Waals surface area contributed by atoms with Gasteiger partial charge in [-0.15, -0.1) is 0 Å². The lowest BCUT2D eigenvalue weighted by Crippen LogP contribution is -2.47. The number of urea groups is 1. The highest BCUT2D eigenvalue weighted by Gasteiger charge is 2.26. The average Bonchev–Trinajstić information content (AvgIpc) is 3.13. The van der Waals surface area contributed by atoms with E-state index in [-0.39, 0.29) is 17.5 Å². The molecular weight excluding hydrogens is 322 g/mol. The Morgan fingerprint density at radius 2 is 2.12 bits per heavy atom. The second kappa shape index (κ2) is 6.60. The van der Waals surface area contributed by atoms with Crippen molar-refractivity contribution in [2.75, 3.05) is 5.32 Å². The summed E-state index contributed by atoms with van der Waals surface area (Å²) in [5.74, 6) is 0. The molecule has 2 heterocycles. The Morgan fingerprint density at radius 3 is 2.79 bits per heavy atom. The van der Waals surface area contributed by atoms with Crippen LogP contribution in [-0.2, 0) is 6.54 Å². The Kier molecular flexibility index (Phi) is 4.53. The van der Waals surface area contributed by atoms with E-state index >= 15 is 0 Å². The zero-order chi connectivity index (χ0) is 17.2. The van der Waals surface area contributed by atoms with Gasteiger partial charge in [0, 0.05) is 18.9 Å². The van der Waals surface area contributed by atoms with Crippen molar-refractivity contribution in [3.8, 4) is 0 Å². The van der Waals surface area contributed by atoms with Crippen LogP contribution in [-0.4, -0.2) is 26.6 Å². The summed E-state index contributed by atoms with van der Waals surface area (Å²) in [5.41, 5.74) is 0.804. The van der Waals surface area contributed by atoms with Gasteiger partial charge in [0.2, 0.25) is 0 Å². The van der Waals surface area contributed by atoms with E-state index < -0.39 is 0 Å². The fourth-order valence-electron chi connectivity index (χ4n) is 2.36. The van der Waals surface area contributed by atoms with Crippen molar-refractivity contribution in [2.24, 2.45) is 5.41 Å². The number of aromatic nitrogens is 3. The van der Waals surface area contributed by atoms with Crippen LogP contribution in [0.2, 0.25) is 0 Å². The fourth-order valence-corrected chi connectivity index (χ4v) is 3.22. The molecule has 0 aliphatic rings. The lowest BCUT2D eigenvalue weighted by atomic mass is 9.86. The molecule has 0 saturated carbocycles. The molecule has 1 aromatic carbocycles. The molecule has 1 atom stereocenters. The SMILES string of the molecule is CC(C)(C)C(Cn1ccnc1)NC(=O)Nc1nc2ccccc2s1. The molecule has 2 amide bonds. The van der Waals surface area contributed by atoms with Crippen molar-refractivity contribution in [1.29, 1.82) is 0 Å². The van der Waals surface area contributed by atoms with Gasteiger partial charge in [-0.2, -0.15) is 0 Å². The molecule has 2 aromatic heterocycles. The second-order valence-corrected chi connectivity index (χ2v) is 7.79. The van der Waals surface area contributed by atoms with Gasteiger partial charge in [0.1, 0.15) is 0 Å². The summed E-state index contributed by atoms with van der Waals surface area (Å²) in [6.45, 7) is 6.97. The molecule has 6 nitrogen and oxygen atoms in total. The van der Waals surface area contributed by atoms with E-state index in [0.29, 0.717) is 11.7 Å². The van der Waals surface area contributed by atoms with Crippen molar-refractivity contribution >= 4 is 32.7 Å². The van der Waals surface area contributed by atoms with Gasteiger partial charge in [-0.3, -0.25) is 5.32 Å². The molecule has 126 valence electrons. The molecule has 0 fully saturated rings. The highest BCUT2D eigenvalue weighted by atomic mass is 32.1. The van der Waals surface area contributed by atoms with Crippen LogP contribution in [0, 0.1) is 5.41 Å². The van der Waals surface area contributed by atoms with Crippen LogP contribution in [0.3, 0.4) is 0 Å². The van der Waals surface area contributed by atoms with Crippen LogP contribution in [0.4, 0.5) is 9.93 Å². The molecule has 0 spiro atoms. The quantitative estimate of drug-likeness (QED) is 0.758. The summed E-state index contributed by atoms with van der Waals surface area (Å²) >= 11 is 1.47. The number of fused-ring (bicyclic) bond motifs is 1. The highest BCUT2D eigenvalue weighted by Crippen LogP contribution is 2.26. The monoisotopic (exact) mass is 343 g/mol. The maximum atomic E-state index is 12.4. The van der Waals surface area contributed by atoms with Gasteiger partial charge in [0.05, 0.1) is 22.6 Å². The lowest BCUT2D eigenvalue weighted by Gasteiger charge is -2.31. The number of nitrogens with zero attached hydrogens (tertiary/aromatic N) is 3. The van der Waals surface area contributed by atoms with Crippen molar-refractivity contribution < 1.29 is 4.79 Å². The van der Waals surface area contributed by atoms with Crippen LogP contribution >= 0.6 is 11.3 Å². The molecule has 2 N–H and O–H groups in total. The number of thiazole rings is 1. The molecule has 0 aliphatic heterocycles. The lowest BCUT2D eigenvalue weighted by molar-refractivity contribution is 0.219. The standard InChI is InChI=1S/C17H21N5OS/c1-17(2,3)14(10-22-9-8-18-11-22)20-15(23)21-16-19-12-6-4-5-7-13(12)24-16/h4-9,11,14H,10H2,1-3H3,(H2,19,20,21,23). The average molecular weight is 343 g/mol. The topological polar surface area (TPSA) is 71.8 Å². The number of hydrogen-bond acceptors (Lipinski definition) is 4. The highest BCUT2D eigenvalue weighted by molar-refractivity contribution is 7.22. The Hall–Kier alpha value is -2.41. The first-order valence-corrected chi connectivity index (χ1v) is 8.62. The van der Waals surface area contributed by atoms with E-state index in [1.54, 1.807) is 12.5 Å². The molecule has 0 bridgehead atoms. The minimum Gasteiger partial charge on any atom is -0.335 e. The van der Waals surface area contributed by atoms with Crippen LogP contribution < -0.4 is 10.6 Å². The number of carbonyl (C=O) groups is 1. The van der Waals surface area contributed by atoms with Gasteiger partial charge in [-0.25, -0.2) is 14.8 Å². The van der Waals surface area contributed by atoms with E-state index in [1.807, 2.05) is 35.0 Å². The van der Waals surface area contributed by atoms with Crippen LogP contribution in [0.5, 0.6) is 0 Å². The van der Waals surface area contributed by atoms with Gasteiger partial charge >= 0.3 is 6.03 Å². The molecule has 1 unspecified atom stereocenters. The largest absolute Gasteiger partial charge is 0.335 e. The minimum absolute atomic E-state index is 0.0407. The number of para-hydroxylation sites is 1. The van der Waals surface area contributed by atoms with Gasteiger partial charge in [-0.1, -0.05) is 44.2 Å². The summed E-state index contributed by atoms with van der Waals surface area (Å²) in [4.78, 5) is 20.9. The molecule has 3 rings (SSSR count). The van der Waals surface area contributed by atoms with Gasteiger partial charge in [-0.05, 0) is 17.5 Å². The maximum absolute atomic E-state index is 12.4. The molecule has 0 saturated heterocycles. The predicted octanol–water partition coefficient (Wildman–Crippen LogP) is 3.73. The predicted molar refractivity (Wildman–Crippen MR) is 97.2 cm³/mol. The fraction of sp³-hybridized carbons (Fsp3) is 0.353. The van der Waals surface area contributed by atoms with E-state index in [1.165, 1.54) is 11.3 Å². The van der Waals surface area contributed by atoms with Crippen LogP contribution in [0.25, 0.3) is 10.2 Å². The van der Waals surface area contributed by atoms with Crippen LogP contribution in [0.1, 0.15) is 20.8 Å². The second-order valence-electron chi connectivity index (χ2n) is 6.76. The first-order valence-electron chi connectivity index (χ1n) is 7.80. The normalized spacial score (nSPS) is 13.0. The molecular formula is C17H21N5OS. The molecule has 0 aliphatic carbocycles. The Morgan fingerprint density at radius 1 is 1.33 bits per heavy atom. The smallest absolute Gasteiger partial charge is 0.321 e. The first kappa shape index (κ1) is 16.4. The van der Waals surface area contributed by atoms with E-state index in [9.17, 15) is 4.79 Å². The van der Waals surface area contributed by atoms with Crippen molar-refractivity contribution in [1.82, 2.24) is 19.9 Å². The molecule has 0 radical (unpaired) electrons. The number of nitrogens with one attached hydrogen (secondary N) is 2. The van der Waals surface area contributed by atoms with Gasteiger partial charge in [0.25, 0.3) is 0 Å². The van der Waals surface area contributed by atoms with Crippen LogP contribution in [0.15, 0.2) is 43.0 Å². The van der Waals surface area contributed by atoms with E-state index in [2.05, 4.69) is 41.4 Å². The third-order valence-electron chi connectivity index (χ3n) is 3.82. The van der Waals surface area contributed by atoms with Gasteiger partial charge < -0.3 is 9.88 Å². The molecule has 3 aromatic rings. The third kappa shape index (κ3) is 3.91. The summed E-state index contributed by atoms with van der Waals surface area (Å²) in [7, 11) is 0. The number of rotatable bonds is 4. The number of benzene rings is 1. The Bertz CT molecular complexity index is 786. The Labute approximate surface area is 144 Å². The maximum Gasteiger partial charge on any atom is 0.321 e. The van der Waals surface area contributed by atoms with Crippen molar-refractivity contribution in [3.05, 3.63) is 43.0 Å². The molecule has 7 heteroatoms. The minimum atomic E-state index is -0.242. The number of anilines is 1. The summed E-state index contributed by atoms with van der Waals surface area (Å²) < 4.78 is 3.02. The summed E-state index contributed by atoms with van der Waals surface area (Å²) in [6, 6.07) is 7.55. The zero-order valence-corrected chi connectivity index (χ0v) is 14.8. The molecule has 24 heavy (non-hydrogen) atoms. The first-order chi connectivity index (χ1) is 11.4. The van der Waals surface area contributed by atoms with Crippen molar-refractivity contribution in [2.45, 2.75) is 33.4 Å². The number of amides is 2. The number of carbonyl (C=O) groups excluding carboxylic acids is 1. The summed E-state index contributed by atoms with van der Waals surface area (Å²) in [5, 5.41) is 6.50. The number of hydrogen-bond donors (Lipinski definition) is 2. The summed E-state index contributed by atoms with van der Waals surface area (Å²) in [6.07, 6.45) is 5.39. The van der Waals surface area contributed by atoms with E-state index in [0.717, 1.165) is 10.2 Å². The van der Waals surface area contributed by atoms with E-state index in [4.69, 9.17) is 0 Å².